The van der Waals surface area contributed by atoms with Crippen molar-refractivity contribution >= 4 is 17.4 Å². The summed E-state index contributed by atoms with van der Waals surface area (Å²) < 4.78 is 37.7. The summed E-state index contributed by atoms with van der Waals surface area (Å²) in [6.07, 6.45) is -3.45. The van der Waals surface area contributed by atoms with Crippen LogP contribution in [-0.2, 0) is 12.7 Å². The molecule has 0 spiro atoms. The van der Waals surface area contributed by atoms with Crippen molar-refractivity contribution < 1.29 is 13.2 Å². The molecule has 7 heteroatoms. The number of piperazine rings is 1. The Bertz CT molecular complexity index is 663. The molecular weight excluding hydrogens is 339 g/mol. The minimum Gasteiger partial charge on any atom is -0.354 e. The van der Waals surface area contributed by atoms with Crippen LogP contribution < -0.4 is 4.90 Å². The minimum atomic E-state index is -4.34. The summed E-state index contributed by atoms with van der Waals surface area (Å²) in [5.74, 6) is 0.592. The Morgan fingerprint density at radius 2 is 1.62 bits per heavy atom. The Labute approximate surface area is 143 Å². The molecule has 0 aliphatic carbocycles. The average Bonchev–Trinajstić information content (AvgIpc) is 2.57. The van der Waals surface area contributed by atoms with E-state index >= 15 is 0 Å². The lowest BCUT2D eigenvalue weighted by Gasteiger charge is -2.35. The molecule has 1 aromatic heterocycles. The third-order valence-electron chi connectivity index (χ3n) is 4.09. The average molecular weight is 356 g/mol. The molecule has 24 heavy (non-hydrogen) atoms. The third kappa shape index (κ3) is 4.19. The first kappa shape index (κ1) is 17.0. The molecule has 1 aliphatic heterocycles. The predicted molar refractivity (Wildman–Crippen MR) is 88.2 cm³/mol. The molecule has 128 valence electrons. The molecular formula is C17H17ClF3N3. The molecule has 0 radical (unpaired) electrons. The summed E-state index contributed by atoms with van der Waals surface area (Å²) in [7, 11) is 0. The van der Waals surface area contributed by atoms with Crippen LogP contribution in [0, 0.1) is 0 Å². The number of aromatic nitrogens is 1. The largest absolute Gasteiger partial charge is 0.417 e. The van der Waals surface area contributed by atoms with E-state index in [4.69, 9.17) is 11.6 Å². The van der Waals surface area contributed by atoms with Crippen molar-refractivity contribution in [1.29, 1.82) is 0 Å². The monoisotopic (exact) mass is 355 g/mol. The molecule has 0 N–H and O–H groups in total. The van der Waals surface area contributed by atoms with E-state index in [1.807, 2.05) is 29.2 Å². The number of hydrogen-bond acceptors (Lipinski definition) is 3. The Morgan fingerprint density at radius 3 is 2.17 bits per heavy atom. The number of anilines is 1. The molecule has 0 unspecified atom stereocenters. The molecule has 0 saturated carbocycles. The highest BCUT2D eigenvalue weighted by molar-refractivity contribution is 6.30. The normalized spacial score (nSPS) is 16.4. The topological polar surface area (TPSA) is 19.4 Å². The predicted octanol–water partition coefficient (Wildman–Crippen LogP) is 4.08. The quantitative estimate of drug-likeness (QED) is 0.827. The zero-order valence-electron chi connectivity index (χ0n) is 12.9. The minimum absolute atomic E-state index is 0.592. The number of halogens is 4. The van der Waals surface area contributed by atoms with Gasteiger partial charge in [-0.15, -0.1) is 0 Å². The van der Waals surface area contributed by atoms with Gasteiger partial charge in [0.05, 0.1) is 5.56 Å². The van der Waals surface area contributed by atoms with Crippen LogP contribution >= 0.6 is 11.6 Å². The molecule has 2 aromatic rings. The first-order valence-corrected chi connectivity index (χ1v) is 8.04. The maximum absolute atomic E-state index is 12.6. The lowest BCUT2D eigenvalue weighted by molar-refractivity contribution is -0.137. The van der Waals surface area contributed by atoms with Crippen molar-refractivity contribution in [3.8, 4) is 0 Å². The maximum Gasteiger partial charge on any atom is 0.417 e. The van der Waals surface area contributed by atoms with Crippen molar-refractivity contribution in [2.45, 2.75) is 12.7 Å². The number of hydrogen-bond donors (Lipinski definition) is 0. The lowest BCUT2D eigenvalue weighted by atomic mass is 10.2. The summed E-state index contributed by atoms with van der Waals surface area (Å²) in [5.41, 5.74) is 0.480. The van der Waals surface area contributed by atoms with E-state index in [2.05, 4.69) is 9.88 Å². The van der Waals surface area contributed by atoms with E-state index in [9.17, 15) is 13.2 Å². The fraction of sp³-hybridized carbons (Fsp3) is 0.353. The molecule has 2 heterocycles. The number of benzene rings is 1. The summed E-state index contributed by atoms with van der Waals surface area (Å²) >= 11 is 5.88. The van der Waals surface area contributed by atoms with E-state index in [-0.39, 0.29) is 0 Å². The van der Waals surface area contributed by atoms with Crippen molar-refractivity contribution in [1.82, 2.24) is 9.88 Å². The van der Waals surface area contributed by atoms with Gasteiger partial charge < -0.3 is 4.90 Å². The third-order valence-corrected chi connectivity index (χ3v) is 4.34. The lowest BCUT2D eigenvalue weighted by Crippen LogP contribution is -2.46. The van der Waals surface area contributed by atoms with Crippen LogP contribution in [0.3, 0.4) is 0 Å². The zero-order valence-corrected chi connectivity index (χ0v) is 13.7. The van der Waals surface area contributed by atoms with Gasteiger partial charge in [0, 0.05) is 43.9 Å². The Balaban J connectivity index is 1.56. The number of rotatable bonds is 3. The van der Waals surface area contributed by atoms with Crippen LogP contribution in [0.4, 0.5) is 19.0 Å². The standard InChI is InChI=1S/C17H17ClF3N3/c18-15-4-1-13(2-5-15)12-23-7-9-24(10-8-23)16-6-3-14(11-22-16)17(19,20)21/h1-6,11H,7-10,12H2. The Hall–Kier alpha value is -1.79. The molecule has 1 aromatic carbocycles. The fourth-order valence-corrected chi connectivity index (χ4v) is 2.85. The Kier molecular flexibility index (Phi) is 4.96. The molecule has 1 saturated heterocycles. The second kappa shape index (κ2) is 6.99. The summed E-state index contributed by atoms with van der Waals surface area (Å²) in [4.78, 5) is 8.28. The van der Waals surface area contributed by atoms with Crippen LogP contribution in [0.15, 0.2) is 42.6 Å². The van der Waals surface area contributed by atoms with Crippen molar-refractivity contribution in [3.05, 3.63) is 58.7 Å². The van der Waals surface area contributed by atoms with Gasteiger partial charge in [-0.25, -0.2) is 4.98 Å². The first-order chi connectivity index (χ1) is 11.4. The molecule has 3 nitrogen and oxygen atoms in total. The van der Waals surface area contributed by atoms with Crippen LogP contribution in [0.1, 0.15) is 11.1 Å². The molecule has 1 fully saturated rings. The van der Waals surface area contributed by atoms with E-state index < -0.39 is 11.7 Å². The van der Waals surface area contributed by atoms with Gasteiger partial charge >= 0.3 is 6.18 Å². The van der Waals surface area contributed by atoms with Crippen molar-refractivity contribution in [3.63, 3.8) is 0 Å². The van der Waals surface area contributed by atoms with Crippen LogP contribution in [0.25, 0.3) is 0 Å². The number of nitrogens with zero attached hydrogens (tertiary/aromatic N) is 3. The Morgan fingerprint density at radius 1 is 0.958 bits per heavy atom. The highest BCUT2D eigenvalue weighted by atomic mass is 35.5. The SMILES string of the molecule is FC(F)(F)c1ccc(N2CCN(Cc3ccc(Cl)cc3)CC2)nc1. The van der Waals surface area contributed by atoms with Gasteiger partial charge in [0.1, 0.15) is 5.82 Å². The zero-order chi connectivity index (χ0) is 17.2. The van der Waals surface area contributed by atoms with E-state index in [1.165, 1.54) is 11.6 Å². The van der Waals surface area contributed by atoms with Gasteiger partial charge in [-0.1, -0.05) is 23.7 Å². The molecule has 0 atom stereocenters. The van der Waals surface area contributed by atoms with E-state index in [0.717, 1.165) is 50.0 Å². The van der Waals surface area contributed by atoms with Crippen LogP contribution in [-0.4, -0.2) is 36.1 Å². The first-order valence-electron chi connectivity index (χ1n) is 7.67. The highest BCUT2D eigenvalue weighted by Crippen LogP contribution is 2.29. The molecule has 0 amide bonds. The second-order valence-electron chi connectivity index (χ2n) is 5.79. The molecule has 1 aliphatic rings. The molecule has 3 rings (SSSR count). The second-order valence-corrected chi connectivity index (χ2v) is 6.23. The van der Waals surface area contributed by atoms with Gasteiger partial charge in [0.2, 0.25) is 0 Å². The maximum atomic E-state index is 12.6. The van der Waals surface area contributed by atoms with Crippen molar-refractivity contribution in [2.24, 2.45) is 0 Å². The van der Waals surface area contributed by atoms with Gasteiger partial charge in [0.15, 0.2) is 0 Å². The van der Waals surface area contributed by atoms with Crippen molar-refractivity contribution in [2.75, 3.05) is 31.1 Å². The van der Waals surface area contributed by atoms with Gasteiger partial charge in [-0.2, -0.15) is 13.2 Å². The van der Waals surface area contributed by atoms with Gasteiger partial charge in [0.25, 0.3) is 0 Å². The highest BCUT2D eigenvalue weighted by Gasteiger charge is 2.31. The van der Waals surface area contributed by atoms with Crippen LogP contribution in [0.2, 0.25) is 5.02 Å². The summed E-state index contributed by atoms with van der Waals surface area (Å²) in [6.45, 7) is 4.00. The van der Waals surface area contributed by atoms with Gasteiger partial charge in [-0.3, -0.25) is 4.90 Å². The summed E-state index contributed by atoms with van der Waals surface area (Å²) in [5, 5.41) is 0.719. The van der Waals surface area contributed by atoms with E-state index in [1.54, 1.807) is 0 Å². The van der Waals surface area contributed by atoms with Crippen LogP contribution in [0.5, 0.6) is 0 Å². The molecule has 0 bridgehead atoms. The number of pyridine rings is 1. The smallest absolute Gasteiger partial charge is 0.354 e. The number of alkyl halides is 3. The van der Waals surface area contributed by atoms with E-state index in [0.29, 0.717) is 5.82 Å². The summed E-state index contributed by atoms with van der Waals surface area (Å²) in [6, 6.07) is 10.3. The van der Waals surface area contributed by atoms with Gasteiger partial charge in [-0.05, 0) is 29.8 Å². The fourth-order valence-electron chi connectivity index (χ4n) is 2.72.